The van der Waals surface area contributed by atoms with Gasteiger partial charge in [-0.1, -0.05) is 6.92 Å². The smallest absolute Gasteiger partial charge is 0.328 e. The molecule has 2 rings (SSSR count). The summed E-state index contributed by atoms with van der Waals surface area (Å²) in [5.41, 5.74) is 2.39. The maximum absolute atomic E-state index is 11.8. The largest absolute Gasteiger partial charge is 0.334 e. The maximum Gasteiger partial charge on any atom is 0.328 e. The van der Waals surface area contributed by atoms with Gasteiger partial charge in [0.2, 0.25) is 0 Å². The Hall–Kier alpha value is -1.92. The summed E-state index contributed by atoms with van der Waals surface area (Å²) in [5, 5.41) is 7.06. The maximum atomic E-state index is 11.8. The molecule has 1 saturated heterocycles. The number of nitrogens with one attached hydrogen (secondary N) is 1. The lowest BCUT2D eigenvalue weighted by molar-refractivity contribution is -0.144. The Kier molecular flexibility index (Phi) is 3.36. The molecule has 0 bridgehead atoms. The van der Waals surface area contributed by atoms with Gasteiger partial charge >= 0.3 is 11.8 Å². The normalized spacial score (nSPS) is 16.9. The second kappa shape index (κ2) is 4.94. The van der Waals surface area contributed by atoms with Gasteiger partial charge < -0.3 is 4.90 Å². The molecule has 92 valence electrons. The average molecular weight is 237 g/mol. The molecule has 1 N–H and O–H groups in total. The van der Waals surface area contributed by atoms with E-state index in [1.54, 1.807) is 4.90 Å². The highest BCUT2D eigenvalue weighted by molar-refractivity contribution is 6.38. The average Bonchev–Trinajstić information content (AvgIpc) is 2.82. The van der Waals surface area contributed by atoms with E-state index < -0.39 is 11.8 Å². The molecule has 7 nitrogen and oxygen atoms in total. The third kappa shape index (κ3) is 2.80. The van der Waals surface area contributed by atoms with E-state index >= 15 is 0 Å². The van der Waals surface area contributed by atoms with Crippen LogP contribution in [0.25, 0.3) is 0 Å². The number of hydrogen-bond donors (Lipinski definition) is 1. The lowest BCUT2D eigenvalue weighted by Gasteiger charge is -2.29. The number of aromatic nitrogens is 3. The molecule has 0 spiro atoms. The molecule has 0 aliphatic carbocycles. The summed E-state index contributed by atoms with van der Waals surface area (Å²) >= 11 is 0. The summed E-state index contributed by atoms with van der Waals surface area (Å²) in [4.78, 5) is 25.0. The van der Waals surface area contributed by atoms with Crippen molar-refractivity contribution >= 4 is 11.8 Å². The third-order valence-corrected chi connectivity index (χ3v) is 2.91. The number of hydrogen-bond acceptors (Lipinski definition) is 4. The van der Waals surface area contributed by atoms with Gasteiger partial charge in [-0.2, -0.15) is 0 Å². The van der Waals surface area contributed by atoms with E-state index in [-0.39, 0.29) is 0 Å². The lowest BCUT2D eigenvalue weighted by Crippen LogP contribution is -2.45. The van der Waals surface area contributed by atoms with Crippen LogP contribution in [-0.4, -0.2) is 44.7 Å². The molecule has 1 aromatic rings. The van der Waals surface area contributed by atoms with Crippen molar-refractivity contribution in [1.82, 2.24) is 19.8 Å². The third-order valence-electron chi connectivity index (χ3n) is 2.91. The van der Waals surface area contributed by atoms with Crippen LogP contribution in [-0.2, 0) is 9.59 Å². The van der Waals surface area contributed by atoms with Crippen molar-refractivity contribution < 1.29 is 9.59 Å². The van der Waals surface area contributed by atoms with Crippen molar-refractivity contribution in [2.75, 3.05) is 18.5 Å². The van der Waals surface area contributed by atoms with Gasteiger partial charge in [-0.25, -0.2) is 4.68 Å². The second-order valence-electron chi connectivity index (χ2n) is 4.28. The quantitative estimate of drug-likeness (QED) is 0.674. The molecule has 2 amide bonds. The monoisotopic (exact) mass is 237 g/mol. The SMILES string of the molecule is CC1CCN(C(=O)C(=O)Nn2cnnc2)CC1. The van der Waals surface area contributed by atoms with E-state index in [2.05, 4.69) is 22.5 Å². The molecule has 0 radical (unpaired) electrons. The van der Waals surface area contributed by atoms with Crippen molar-refractivity contribution in [3.63, 3.8) is 0 Å². The van der Waals surface area contributed by atoms with Gasteiger partial charge in [0.1, 0.15) is 12.7 Å². The van der Waals surface area contributed by atoms with Crippen molar-refractivity contribution in [1.29, 1.82) is 0 Å². The van der Waals surface area contributed by atoms with E-state index in [1.165, 1.54) is 17.3 Å². The summed E-state index contributed by atoms with van der Waals surface area (Å²) in [6, 6.07) is 0. The number of amides is 2. The number of carbonyl (C=O) groups excluding carboxylic acids is 2. The van der Waals surface area contributed by atoms with E-state index in [1.807, 2.05) is 0 Å². The van der Waals surface area contributed by atoms with Gasteiger partial charge in [-0.05, 0) is 18.8 Å². The van der Waals surface area contributed by atoms with Crippen LogP contribution in [0.2, 0.25) is 0 Å². The summed E-state index contributed by atoms with van der Waals surface area (Å²) < 4.78 is 1.26. The fraction of sp³-hybridized carbons (Fsp3) is 0.600. The van der Waals surface area contributed by atoms with E-state index in [0.29, 0.717) is 19.0 Å². The summed E-state index contributed by atoms with van der Waals surface area (Å²) in [5.74, 6) is -0.523. The van der Waals surface area contributed by atoms with Crippen molar-refractivity contribution in [3.8, 4) is 0 Å². The van der Waals surface area contributed by atoms with Crippen LogP contribution >= 0.6 is 0 Å². The second-order valence-corrected chi connectivity index (χ2v) is 4.28. The van der Waals surface area contributed by atoms with Crippen LogP contribution in [0.4, 0.5) is 0 Å². The molecule has 2 heterocycles. The molecule has 0 atom stereocenters. The van der Waals surface area contributed by atoms with Crippen molar-refractivity contribution in [3.05, 3.63) is 12.7 Å². The molecule has 1 aromatic heterocycles. The first kappa shape index (κ1) is 11.6. The van der Waals surface area contributed by atoms with Crippen molar-refractivity contribution in [2.45, 2.75) is 19.8 Å². The highest BCUT2D eigenvalue weighted by atomic mass is 16.2. The Morgan fingerprint density at radius 1 is 1.24 bits per heavy atom. The van der Waals surface area contributed by atoms with Gasteiger partial charge in [0.15, 0.2) is 0 Å². The Bertz CT molecular complexity index is 395. The van der Waals surface area contributed by atoms with Gasteiger partial charge in [0, 0.05) is 13.1 Å². The number of nitrogens with zero attached hydrogens (tertiary/aromatic N) is 4. The minimum atomic E-state index is -0.653. The van der Waals surface area contributed by atoms with E-state index in [0.717, 1.165) is 12.8 Å². The van der Waals surface area contributed by atoms with Crippen LogP contribution in [0, 0.1) is 5.92 Å². The highest BCUT2D eigenvalue weighted by Gasteiger charge is 2.25. The number of piperidine rings is 1. The molecule has 1 fully saturated rings. The van der Waals surface area contributed by atoms with Crippen LogP contribution in [0.5, 0.6) is 0 Å². The molecule has 1 aliphatic rings. The fourth-order valence-electron chi connectivity index (χ4n) is 1.78. The molecule has 17 heavy (non-hydrogen) atoms. The molecule has 0 saturated carbocycles. The van der Waals surface area contributed by atoms with E-state index in [9.17, 15) is 9.59 Å². The van der Waals surface area contributed by atoms with Crippen molar-refractivity contribution in [2.24, 2.45) is 5.92 Å². The first-order valence-corrected chi connectivity index (χ1v) is 5.61. The molecular formula is C10H15N5O2. The Labute approximate surface area is 98.8 Å². The zero-order chi connectivity index (χ0) is 12.3. The van der Waals surface area contributed by atoms with Crippen LogP contribution in [0.1, 0.15) is 19.8 Å². The fourth-order valence-corrected chi connectivity index (χ4v) is 1.78. The molecule has 0 unspecified atom stereocenters. The molecule has 0 aromatic carbocycles. The van der Waals surface area contributed by atoms with Gasteiger partial charge in [0.25, 0.3) is 0 Å². The Balaban J connectivity index is 1.89. The predicted molar refractivity (Wildman–Crippen MR) is 59.4 cm³/mol. The van der Waals surface area contributed by atoms with Gasteiger partial charge in [-0.15, -0.1) is 10.2 Å². The Morgan fingerprint density at radius 3 is 2.41 bits per heavy atom. The van der Waals surface area contributed by atoms with Crippen LogP contribution in [0.15, 0.2) is 12.7 Å². The van der Waals surface area contributed by atoms with Gasteiger partial charge in [-0.3, -0.25) is 15.0 Å². The topological polar surface area (TPSA) is 80.1 Å². The molecular weight excluding hydrogens is 222 g/mol. The number of likely N-dealkylation sites (tertiary alicyclic amines) is 1. The standard InChI is InChI=1S/C10H15N5O2/c1-8-2-4-14(5-3-8)10(17)9(16)13-15-6-11-12-7-15/h6-8H,2-5H2,1H3,(H,13,16). The molecule has 1 aliphatic heterocycles. The minimum absolute atomic E-state index is 0.495. The lowest BCUT2D eigenvalue weighted by atomic mass is 9.99. The molecule has 7 heteroatoms. The Morgan fingerprint density at radius 2 is 1.82 bits per heavy atom. The van der Waals surface area contributed by atoms with Crippen LogP contribution < -0.4 is 5.43 Å². The predicted octanol–water partition coefficient (Wildman–Crippen LogP) is -0.393. The minimum Gasteiger partial charge on any atom is -0.334 e. The summed E-state index contributed by atoms with van der Waals surface area (Å²) in [6.07, 6.45) is 4.55. The number of rotatable bonds is 1. The van der Waals surface area contributed by atoms with Crippen LogP contribution in [0.3, 0.4) is 0 Å². The first-order chi connectivity index (χ1) is 8.16. The number of carbonyl (C=O) groups is 2. The zero-order valence-corrected chi connectivity index (χ0v) is 9.67. The van der Waals surface area contributed by atoms with Gasteiger partial charge in [0.05, 0.1) is 0 Å². The first-order valence-electron chi connectivity index (χ1n) is 5.61. The highest BCUT2D eigenvalue weighted by Crippen LogP contribution is 2.15. The summed E-state index contributed by atoms with van der Waals surface area (Å²) in [7, 11) is 0. The summed E-state index contributed by atoms with van der Waals surface area (Å²) in [6.45, 7) is 3.45. The zero-order valence-electron chi connectivity index (χ0n) is 9.67. The van der Waals surface area contributed by atoms with E-state index in [4.69, 9.17) is 0 Å².